The van der Waals surface area contributed by atoms with Gasteiger partial charge in [-0.1, -0.05) is 12.8 Å². The lowest BCUT2D eigenvalue weighted by molar-refractivity contribution is -0.451. The molecule has 2 aliphatic rings. The molecule has 0 spiro atoms. The average molecular weight is 350 g/mol. The van der Waals surface area contributed by atoms with Gasteiger partial charge in [0.15, 0.2) is 0 Å². The van der Waals surface area contributed by atoms with Crippen molar-refractivity contribution in [3.63, 3.8) is 0 Å². The maximum absolute atomic E-state index is 14.3. The molecule has 1 saturated heterocycles. The van der Waals surface area contributed by atoms with Crippen molar-refractivity contribution in [3.8, 4) is 0 Å². The molecule has 0 amide bonds. The van der Waals surface area contributed by atoms with E-state index in [-0.39, 0.29) is 12.2 Å². The Labute approximate surface area is 130 Å². The number of halogens is 6. The first-order valence-electron chi connectivity index (χ1n) is 7.56. The summed E-state index contributed by atoms with van der Waals surface area (Å²) in [6.07, 6.45) is -10.6. The number of hydrogen-bond acceptors (Lipinski definition) is 3. The lowest BCUT2D eigenvalue weighted by Crippen LogP contribution is -2.55. The molecule has 0 aromatic carbocycles. The number of fused-ring (bicyclic) bond motifs is 1. The fourth-order valence-corrected chi connectivity index (χ4v) is 3.04. The van der Waals surface area contributed by atoms with Gasteiger partial charge in [0.25, 0.3) is 0 Å². The highest BCUT2D eigenvalue weighted by molar-refractivity contribution is 4.92. The molecule has 1 aliphatic carbocycles. The zero-order chi connectivity index (χ0) is 17.5. The van der Waals surface area contributed by atoms with E-state index in [1.807, 2.05) is 0 Å². The zero-order valence-corrected chi connectivity index (χ0v) is 12.8. The quantitative estimate of drug-likeness (QED) is 0.706. The van der Waals surface area contributed by atoms with Crippen molar-refractivity contribution in [1.82, 2.24) is 0 Å². The Morgan fingerprint density at radius 3 is 2.00 bits per heavy atom. The summed E-state index contributed by atoms with van der Waals surface area (Å²) < 4.78 is 91.3. The molecule has 0 aromatic heterocycles. The Morgan fingerprint density at radius 2 is 1.48 bits per heavy atom. The minimum atomic E-state index is -5.64. The summed E-state index contributed by atoms with van der Waals surface area (Å²) in [6.45, 7) is 1.91. The van der Waals surface area contributed by atoms with Crippen molar-refractivity contribution in [2.24, 2.45) is 0 Å². The van der Waals surface area contributed by atoms with E-state index in [1.54, 1.807) is 0 Å². The Kier molecular flexibility index (Phi) is 5.23. The summed E-state index contributed by atoms with van der Waals surface area (Å²) in [4.78, 5) is 0. The van der Waals surface area contributed by atoms with Crippen LogP contribution in [-0.4, -0.2) is 42.6 Å². The third-order valence-corrected chi connectivity index (χ3v) is 4.34. The molecule has 1 heterocycles. The molecule has 0 aromatic rings. The van der Waals surface area contributed by atoms with Gasteiger partial charge in [0.1, 0.15) is 0 Å². The van der Waals surface area contributed by atoms with Crippen LogP contribution in [0.25, 0.3) is 0 Å². The van der Waals surface area contributed by atoms with Crippen LogP contribution in [-0.2, 0) is 14.2 Å². The van der Waals surface area contributed by atoms with Crippen molar-refractivity contribution in [2.45, 2.75) is 88.5 Å². The molecule has 1 saturated carbocycles. The minimum Gasteiger partial charge on any atom is -0.370 e. The van der Waals surface area contributed by atoms with Crippen LogP contribution in [0.1, 0.15) is 46.0 Å². The third-order valence-electron chi connectivity index (χ3n) is 4.34. The second-order valence-corrected chi connectivity index (χ2v) is 6.34. The van der Waals surface area contributed by atoms with E-state index in [4.69, 9.17) is 9.47 Å². The molecule has 136 valence electrons. The highest BCUT2D eigenvalue weighted by atomic mass is 19.4. The monoisotopic (exact) mass is 350 g/mol. The van der Waals surface area contributed by atoms with Crippen LogP contribution in [0.3, 0.4) is 0 Å². The number of alkyl halides is 6. The molecule has 0 bridgehead atoms. The minimum absolute atomic E-state index is 0.173. The van der Waals surface area contributed by atoms with Gasteiger partial charge in [0.05, 0.1) is 24.4 Å². The van der Waals surface area contributed by atoms with Crippen molar-refractivity contribution in [1.29, 1.82) is 0 Å². The lowest BCUT2D eigenvalue weighted by atomic mass is 9.90. The van der Waals surface area contributed by atoms with Crippen LogP contribution >= 0.6 is 0 Å². The zero-order valence-electron chi connectivity index (χ0n) is 12.8. The summed E-state index contributed by atoms with van der Waals surface area (Å²) in [5.74, 6) is 0. The topological polar surface area (TPSA) is 27.7 Å². The van der Waals surface area contributed by atoms with Crippen molar-refractivity contribution in [3.05, 3.63) is 0 Å². The first-order chi connectivity index (χ1) is 10.4. The Bertz CT molecular complexity index is 412. The molecular formula is C14H20F6O3. The molecule has 5 atom stereocenters. The SMILES string of the molecule is CC1OC2CCCCC2OC1CC(C)(F)C(F)(F)OC(F)(F)F. The molecule has 23 heavy (non-hydrogen) atoms. The number of hydrogen-bond donors (Lipinski definition) is 0. The lowest BCUT2D eigenvalue weighted by Gasteiger charge is -2.44. The molecule has 3 nitrogen and oxygen atoms in total. The normalized spacial score (nSPS) is 35.5. The van der Waals surface area contributed by atoms with Crippen LogP contribution in [0.5, 0.6) is 0 Å². The highest BCUT2D eigenvalue weighted by Crippen LogP contribution is 2.43. The highest BCUT2D eigenvalue weighted by Gasteiger charge is 2.60. The predicted octanol–water partition coefficient (Wildman–Crippen LogP) is 4.35. The summed E-state index contributed by atoms with van der Waals surface area (Å²) >= 11 is 0. The maximum Gasteiger partial charge on any atom is 0.527 e. The van der Waals surface area contributed by atoms with Gasteiger partial charge < -0.3 is 9.47 Å². The largest absolute Gasteiger partial charge is 0.527 e. The van der Waals surface area contributed by atoms with Gasteiger partial charge >= 0.3 is 12.5 Å². The van der Waals surface area contributed by atoms with Crippen LogP contribution < -0.4 is 0 Å². The standard InChI is InChI=1S/C14H20F6O3/c1-8-11(22-10-6-4-3-5-9(10)21-8)7-12(2,15)13(16,17)23-14(18,19)20/h8-11H,3-7H2,1-2H3. The first-order valence-corrected chi connectivity index (χ1v) is 7.56. The van der Waals surface area contributed by atoms with E-state index in [1.165, 1.54) is 6.92 Å². The van der Waals surface area contributed by atoms with Crippen molar-refractivity contribution >= 4 is 0 Å². The first kappa shape index (κ1) is 18.8. The fourth-order valence-electron chi connectivity index (χ4n) is 3.04. The molecule has 2 rings (SSSR count). The van der Waals surface area contributed by atoms with E-state index >= 15 is 0 Å². The molecule has 5 unspecified atom stereocenters. The van der Waals surface area contributed by atoms with E-state index < -0.39 is 36.8 Å². The summed E-state index contributed by atoms with van der Waals surface area (Å²) in [5, 5.41) is 0. The third kappa shape index (κ3) is 4.51. The fraction of sp³-hybridized carbons (Fsp3) is 1.00. The van der Waals surface area contributed by atoms with Gasteiger partial charge in [-0.25, -0.2) is 9.13 Å². The van der Waals surface area contributed by atoms with E-state index in [9.17, 15) is 26.3 Å². The molecule has 0 radical (unpaired) electrons. The second-order valence-electron chi connectivity index (χ2n) is 6.34. The Morgan fingerprint density at radius 1 is 0.957 bits per heavy atom. The molecular weight excluding hydrogens is 330 g/mol. The van der Waals surface area contributed by atoms with Gasteiger partial charge in [0, 0.05) is 6.42 Å². The molecule has 2 fully saturated rings. The van der Waals surface area contributed by atoms with Gasteiger partial charge in [0.2, 0.25) is 5.67 Å². The van der Waals surface area contributed by atoms with Crippen molar-refractivity contribution in [2.75, 3.05) is 0 Å². The van der Waals surface area contributed by atoms with Gasteiger partial charge in [-0.2, -0.15) is 8.78 Å². The van der Waals surface area contributed by atoms with E-state index in [0.717, 1.165) is 19.3 Å². The average Bonchev–Trinajstić information content (AvgIpc) is 2.36. The van der Waals surface area contributed by atoms with Crippen LogP contribution in [0.4, 0.5) is 26.3 Å². The molecule has 9 heteroatoms. The van der Waals surface area contributed by atoms with Crippen LogP contribution in [0.2, 0.25) is 0 Å². The van der Waals surface area contributed by atoms with Crippen molar-refractivity contribution < 1.29 is 40.6 Å². The summed E-state index contributed by atoms with van der Waals surface area (Å²) in [7, 11) is 0. The Balaban J connectivity index is 2.04. The molecule has 0 N–H and O–H groups in total. The predicted molar refractivity (Wildman–Crippen MR) is 67.7 cm³/mol. The maximum atomic E-state index is 14.3. The summed E-state index contributed by atoms with van der Waals surface area (Å²) in [5.41, 5.74) is -3.55. The number of ether oxygens (including phenoxy) is 3. The number of rotatable bonds is 4. The van der Waals surface area contributed by atoms with Gasteiger partial charge in [-0.05, 0) is 26.7 Å². The smallest absolute Gasteiger partial charge is 0.370 e. The van der Waals surface area contributed by atoms with Crippen LogP contribution in [0, 0.1) is 0 Å². The van der Waals surface area contributed by atoms with Crippen LogP contribution in [0.15, 0.2) is 0 Å². The Hall–Kier alpha value is -0.540. The van der Waals surface area contributed by atoms with Gasteiger partial charge in [-0.15, -0.1) is 13.2 Å². The summed E-state index contributed by atoms with van der Waals surface area (Å²) in [6, 6.07) is 0. The second kappa shape index (κ2) is 6.40. The van der Waals surface area contributed by atoms with Gasteiger partial charge in [-0.3, -0.25) is 0 Å². The van der Waals surface area contributed by atoms with E-state index in [0.29, 0.717) is 13.3 Å². The molecule has 1 aliphatic heterocycles. The van der Waals surface area contributed by atoms with E-state index in [2.05, 4.69) is 4.74 Å².